The second kappa shape index (κ2) is 10.4. The standard InChI is InChI=1S/C17H22N2O3.C11H10N4O/c1-11-13(3-4-14-15(11)10-22-17(14)20)16-8-19-6-5-18(2)7-12(19)9-21-16;16-6-9-2-1-8-5-10(3-4-11(8)9)15-7-12-13-14-15/h3-4,12,16H,5-10H2,1-2H3;3-7,9H,1-2H2. The number of aryl methyl sites for hydroxylation is 1. The van der Waals surface area contributed by atoms with Crippen LogP contribution in [0, 0.1) is 6.92 Å². The molecule has 0 bridgehead atoms. The number of likely N-dealkylation sites (N-methyl/N-ethyl adjacent to an activating group) is 1. The maximum absolute atomic E-state index is 11.7. The molecular weight excluding hydrogens is 484 g/mol. The number of nitrogens with zero attached hydrogens (tertiary/aromatic N) is 6. The highest BCUT2D eigenvalue weighted by molar-refractivity contribution is 5.94. The second-order valence-electron chi connectivity index (χ2n) is 10.5. The van der Waals surface area contributed by atoms with E-state index in [1.807, 2.05) is 24.3 Å². The van der Waals surface area contributed by atoms with Crippen LogP contribution in [0.4, 0.5) is 0 Å². The van der Waals surface area contributed by atoms with E-state index in [1.165, 1.54) is 11.1 Å². The number of rotatable bonds is 3. The van der Waals surface area contributed by atoms with E-state index < -0.39 is 0 Å². The van der Waals surface area contributed by atoms with Crippen LogP contribution in [0.2, 0.25) is 0 Å². The van der Waals surface area contributed by atoms with E-state index in [1.54, 1.807) is 11.0 Å². The Hall–Kier alpha value is -3.47. The SMILES string of the molecule is Cc1c(C2CN3CCN(C)CC3CO2)ccc2c1COC2=O.O=CC1CCc2cc(-n3cnnn3)ccc21. The van der Waals surface area contributed by atoms with E-state index in [2.05, 4.69) is 45.4 Å². The van der Waals surface area contributed by atoms with E-state index in [-0.39, 0.29) is 18.0 Å². The summed E-state index contributed by atoms with van der Waals surface area (Å²) in [6, 6.07) is 10.4. The molecule has 0 spiro atoms. The molecule has 0 N–H and O–H groups in total. The lowest BCUT2D eigenvalue weighted by Crippen LogP contribution is -2.57. The quantitative estimate of drug-likeness (QED) is 0.383. The number of tetrazole rings is 1. The Kier molecular flexibility index (Phi) is 6.77. The number of ether oxygens (including phenoxy) is 2. The lowest BCUT2D eigenvalue weighted by molar-refractivity contribution is -0.109. The van der Waals surface area contributed by atoms with E-state index in [0.29, 0.717) is 12.6 Å². The van der Waals surface area contributed by atoms with Crippen molar-refractivity contribution < 1.29 is 19.1 Å². The number of benzene rings is 2. The number of morpholine rings is 1. The Morgan fingerprint density at radius 3 is 2.79 bits per heavy atom. The molecule has 3 aromatic rings. The molecule has 3 atom stereocenters. The molecule has 3 aliphatic heterocycles. The molecule has 3 unspecified atom stereocenters. The maximum Gasteiger partial charge on any atom is 0.338 e. The number of cyclic esters (lactones) is 1. The van der Waals surface area contributed by atoms with Crippen LogP contribution >= 0.6 is 0 Å². The van der Waals surface area contributed by atoms with Gasteiger partial charge in [0.25, 0.3) is 0 Å². The molecule has 1 aliphatic carbocycles. The lowest BCUT2D eigenvalue weighted by Gasteiger charge is -2.45. The molecule has 0 amide bonds. The van der Waals surface area contributed by atoms with Gasteiger partial charge in [-0.1, -0.05) is 12.1 Å². The number of hydrogen-bond donors (Lipinski definition) is 0. The van der Waals surface area contributed by atoms with Gasteiger partial charge >= 0.3 is 5.97 Å². The zero-order valence-electron chi connectivity index (χ0n) is 21.7. The number of aldehydes is 1. The van der Waals surface area contributed by atoms with Gasteiger partial charge in [-0.2, -0.15) is 0 Å². The van der Waals surface area contributed by atoms with Gasteiger partial charge in [0.15, 0.2) is 0 Å². The fourth-order valence-electron chi connectivity index (χ4n) is 6.04. The van der Waals surface area contributed by atoms with Crippen LogP contribution in [0.25, 0.3) is 5.69 Å². The summed E-state index contributed by atoms with van der Waals surface area (Å²) < 4.78 is 12.9. The van der Waals surface area contributed by atoms with Crippen molar-refractivity contribution >= 4 is 12.3 Å². The number of carbonyl (C=O) groups is 2. The zero-order chi connectivity index (χ0) is 26.2. The van der Waals surface area contributed by atoms with Crippen LogP contribution in [0.1, 0.15) is 56.6 Å². The highest BCUT2D eigenvalue weighted by Gasteiger charge is 2.35. The predicted molar refractivity (Wildman–Crippen MR) is 138 cm³/mol. The van der Waals surface area contributed by atoms with Gasteiger partial charge in [-0.3, -0.25) is 4.90 Å². The minimum atomic E-state index is -0.201. The molecule has 10 heteroatoms. The molecule has 1 aromatic heterocycles. The molecule has 2 fully saturated rings. The number of carbonyl (C=O) groups excluding carboxylic acids is 2. The van der Waals surface area contributed by atoms with Gasteiger partial charge in [-0.15, -0.1) is 5.10 Å². The van der Waals surface area contributed by atoms with Crippen molar-refractivity contribution in [2.75, 3.05) is 39.8 Å². The van der Waals surface area contributed by atoms with Crippen molar-refractivity contribution in [1.29, 1.82) is 0 Å². The third kappa shape index (κ3) is 4.63. The number of fused-ring (bicyclic) bond motifs is 3. The number of piperazine rings is 1. The Morgan fingerprint density at radius 1 is 1.11 bits per heavy atom. The van der Waals surface area contributed by atoms with Crippen molar-refractivity contribution in [1.82, 2.24) is 30.0 Å². The summed E-state index contributed by atoms with van der Waals surface area (Å²) in [6.45, 7) is 7.50. The minimum Gasteiger partial charge on any atom is -0.457 e. The van der Waals surface area contributed by atoms with Crippen molar-refractivity contribution in [2.45, 2.75) is 44.4 Å². The van der Waals surface area contributed by atoms with Crippen LogP contribution in [-0.4, -0.2) is 88.1 Å². The van der Waals surface area contributed by atoms with Gasteiger partial charge in [-0.05, 0) is 77.7 Å². The Morgan fingerprint density at radius 2 is 1.97 bits per heavy atom. The Bertz CT molecular complexity index is 1340. The highest BCUT2D eigenvalue weighted by atomic mass is 16.5. The van der Waals surface area contributed by atoms with Crippen LogP contribution in [0.5, 0.6) is 0 Å². The molecule has 4 heterocycles. The largest absolute Gasteiger partial charge is 0.457 e. The smallest absolute Gasteiger partial charge is 0.338 e. The normalized spacial score (nSPS) is 24.6. The van der Waals surface area contributed by atoms with Gasteiger partial charge < -0.3 is 19.2 Å². The van der Waals surface area contributed by atoms with E-state index in [4.69, 9.17) is 9.47 Å². The molecule has 198 valence electrons. The fraction of sp³-hybridized carbons (Fsp3) is 0.464. The average molecular weight is 517 g/mol. The van der Waals surface area contributed by atoms with Gasteiger partial charge in [0.05, 0.1) is 24.0 Å². The van der Waals surface area contributed by atoms with Gasteiger partial charge in [-0.25, -0.2) is 9.48 Å². The zero-order valence-corrected chi connectivity index (χ0v) is 21.7. The number of hydrogen-bond acceptors (Lipinski definition) is 9. The third-order valence-corrected chi connectivity index (χ3v) is 8.28. The lowest BCUT2D eigenvalue weighted by atomic mass is 9.94. The first kappa shape index (κ1) is 24.8. The minimum absolute atomic E-state index is 0.0675. The molecule has 10 nitrogen and oxygen atoms in total. The Balaban J connectivity index is 0.000000146. The van der Waals surface area contributed by atoms with E-state index in [0.717, 1.165) is 79.9 Å². The second-order valence-corrected chi connectivity index (χ2v) is 10.5. The fourth-order valence-corrected chi connectivity index (χ4v) is 6.04. The summed E-state index contributed by atoms with van der Waals surface area (Å²) in [7, 11) is 2.17. The van der Waals surface area contributed by atoms with Crippen LogP contribution in [0.3, 0.4) is 0 Å². The first-order valence-electron chi connectivity index (χ1n) is 13.2. The average Bonchev–Trinajstić information content (AvgIpc) is 3.69. The van der Waals surface area contributed by atoms with Crippen molar-refractivity contribution in [3.05, 3.63) is 70.0 Å². The summed E-state index contributed by atoms with van der Waals surface area (Å²) in [4.78, 5) is 27.4. The maximum atomic E-state index is 11.7. The monoisotopic (exact) mass is 516 g/mol. The van der Waals surface area contributed by atoms with Crippen LogP contribution < -0.4 is 0 Å². The van der Waals surface area contributed by atoms with Crippen LogP contribution in [0.15, 0.2) is 36.7 Å². The number of aromatic nitrogens is 4. The molecule has 2 saturated heterocycles. The van der Waals surface area contributed by atoms with Crippen LogP contribution in [-0.2, 0) is 27.3 Å². The molecule has 2 aromatic carbocycles. The molecule has 0 saturated carbocycles. The first-order valence-corrected chi connectivity index (χ1v) is 13.2. The topological polar surface area (TPSA) is 103 Å². The summed E-state index contributed by atoms with van der Waals surface area (Å²) in [5.74, 6) is -0.133. The Labute approximate surface area is 221 Å². The van der Waals surface area contributed by atoms with E-state index in [9.17, 15) is 9.59 Å². The highest BCUT2D eigenvalue weighted by Crippen LogP contribution is 2.34. The summed E-state index contributed by atoms with van der Waals surface area (Å²) in [5.41, 5.74) is 7.42. The molecule has 38 heavy (non-hydrogen) atoms. The number of esters is 1. The van der Waals surface area contributed by atoms with Gasteiger partial charge in [0, 0.05) is 43.7 Å². The van der Waals surface area contributed by atoms with E-state index >= 15 is 0 Å². The van der Waals surface area contributed by atoms with Gasteiger partial charge in [0.2, 0.25) is 0 Å². The molecule has 7 rings (SSSR count). The third-order valence-electron chi connectivity index (χ3n) is 8.28. The molecular formula is C28H32N6O4. The van der Waals surface area contributed by atoms with Crippen molar-refractivity contribution in [3.63, 3.8) is 0 Å². The summed E-state index contributed by atoms with van der Waals surface area (Å²) in [5, 5.41) is 11.0. The predicted octanol–water partition coefficient (Wildman–Crippen LogP) is 2.24. The van der Waals surface area contributed by atoms with Crippen molar-refractivity contribution in [2.24, 2.45) is 0 Å². The first-order chi connectivity index (χ1) is 18.5. The summed E-state index contributed by atoms with van der Waals surface area (Å²) in [6.07, 6.45) is 4.56. The van der Waals surface area contributed by atoms with Gasteiger partial charge in [0.1, 0.15) is 19.2 Å². The van der Waals surface area contributed by atoms with Crippen molar-refractivity contribution in [3.8, 4) is 5.69 Å². The molecule has 0 radical (unpaired) electrons. The molecule has 4 aliphatic rings. The summed E-state index contributed by atoms with van der Waals surface area (Å²) >= 11 is 0.